The minimum atomic E-state index is -1.44. The number of Topliss-reactive ketones (excluding diaryl/α,β-unsaturated/α-hetero) is 1. The molecule has 0 saturated heterocycles. The van der Waals surface area contributed by atoms with Crippen LogP contribution in [0.25, 0.3) is 0 Å². The van der Waals surface area contributed by atoms with Gasteiger partial charge in [0, 0.05) is 24.8 Å². The zero-order valence-corrected chi connectivity index (χ0v) is 12.1. The SMILES string of the molecule is [2H]c1c([2H])c([2H])c(CC(=O)CCNC(=O)[C@@H](O)C(C)(C)CO)c([2H])c1[2H]. The number of carbonyl (C=O) groups is 2. The number of hydrogen-bond acceptors (Lipinski definition) is 4. The summed E-state index contributed by atoms with van der Waals surface area (Å²) in [6.45, 7) is 2.56. The number of rotatable bonds is 8. The summed E-state index contributed by atoms with van der Waals surface area (Å²) < 4.78 is 38.2. The van der Waals surface area contributed by atoms with Crippen LogP contribution in [0.1, 0.15) is 32.7 Å². The summed E-state index contributed by atoms with van der Waals surface area (Å²) in [5, 5.41) is 21.4. The fourth-order valence-electron chi connectivity index (χ4n) is 1.51. The Balaban J connectivity index is 2.69. The fraction of sp³-hybridized carbons (Fsp3) is 0.500. The van der Waals surface area contributed by atoms with Crippen molar-refractivity contribution < 1.29 is 26.7 Å². The lowest BCUT2D eigenvalue weighted by Crippen LogP contribution is -2.46. The average molecular weight is 298 g/mol. The molecule has 5 heteroatoms. The van der Waals surface area contributed by atoms with Crippen molar-refractivity contribution in [2.45, 2.75) is 32.8 Å². The lowest BCUT2D eigenvalue weighted by atomic mass is 9.87. The van der Waals surface area contributed by atoms with Crippen LogP contribution in [0.3, 0.4) is 0 Å². The molecule has 0 spiro atoms. The van der Waals surface area contributed by atoms with Gasteiger partial charge in [0.25, 0.3) is 0 Å². The molecule has 1 aromatic carbocycles. The van der Waals surface area contributed by atoms with Gasteiger partial charge in [-0.2, -0.15) is 0 Å². The molecule has 1 rings (SSSR count). The van der Waals surface area contributed by atoms with Crippen LogP contribution in [-0.4, -0.2) is 41.2 Å². The monoisotopic (exact) mass is 298 g/mol. The van der Waals surface area contributed by atoms with E-state index in [-0.39, 0.29) is 24.9 Å². The summed E-state index contributed by atoms with van der Waals surface area (Å²) in [7, 11) is 0. The molecule has 21 heavy (non-hydrogen) atoms. The number of ketones is 1. The first-order valence-electron chi connectivity index (χ1n) is 9.08. The molecule has 0 radical (unpaired) electrons. The van der Waals surface area contributed by atoms with Crippen LogP contribution in [0.5, 0.6) is 0 Å². The third kappa shape index (κ3) is 5.65. The van der Waals surface area contributed by atoms with Crippen LogP contribution in [0.2, 0.25) is 0 Å². The smallest absolute Gasteiger partial charge is 0.249 e. The maximum Gasteiger partial charge on any atom is 0.249 e. The van der Waals surface area contributed by atoms with Crippen LogP contribution in [0.15, 0.2) is 30.2 Å². The molecule has 116 valence electrons. The normalized spacial score (nSPS) is 16.1. The highest BCUT2D eigenvalue weighted by Gasteiger charge is 2.32. The molecule has 0 unspecified atom stereocenters. The van der Waals surface area contributed by atoms with E-state index in [9.17, 15) is 14.7 Å². The Morgan fingerprint density at radius 1 is 1.33 bits per heavy atom. The van der Waals surface area contributed by atoms with E-state index in [1.54, 1.807) is 0 Å². The summed E-state index contributed by atoms with van der Waals surface area (Å²) in [6, 6.07) is -2.38. The largest absolute Gasteiger partial charge is 0.396 e. The van der Waals surface area contributed by atoms with E-state index in [0.29, 0.717) is 0 Å². The van der Waals surface area contributed by atoms with Gasteiger partial charge in [-0.25, -0.2) is 0 Å². The molecule has 0 fully saturated rings. The zero-order chi connectivity index (χ0) is 20.2. The first kappa shape index (κ1) is 10.9. The molecular weight excluding hydrogens is 270 g/mol. The first-order chi connectivity index (χ1) is 11.9. The third-order valence-electron chi connectivity index (χ3n) is 3.02. The fourth-order valence-corrected chi connectivity index (χ4v) is 1.51. The number of benzene rings is 1. The highest BCUT2D eigenvalue weighted by molar-refractivity contribution is 5.83. The Morgan fingerprint density at radius 3 is 2.52 bits per heavy atom. The Bertz CT molecular complexity index is 679. The Morgan fingerprint density at radius 2 is 1.95 bits per heavy atom. The molecule has 0 aliphatic rings. The van der Waals surface area contributed by atoms with E-state index in [2.05, 4.69) is 5.32 Å². The van der Waals surface area contributed by atoms with E-state index in [1.165, 1.54) is 13.8 Å². The van der Waals surface area contributed by atoms with Crippen molar-refractivity contribution in [2.75, 3.05) is 13.2 Å². The summed E-state index contributed by atoms with van der Waals surface area (Å²) in [6.07, 6.45) is -1.92. The van der Waals surface area contributed by atoms with Crippen molar-refractivity contribution in [1.82, 2.24) is 5.32 Å². The van der Waals surface area contributed by atoms with Gasteiger partial charge in [-0.1, -0.05) is 44.1 Å². The lowest BCUT2D eigenvalue weighted by Gasteiger charge is -2.27. The number of nitrogens with one attached hydrogen (secondary N) is 1. The summed E-state index contributed by atoms with van der Waals surface area (Å²) in [4.78, 5) is 23.8. The van der Waals surface area contributed by atoms with Gasteiger partial charge < -0.3 is 15.5 Å². The van der Waals surface area contributed by atoms with Crippen molar-refractivity contribution in [1.29, 1.82) is 0 Å². The highest BCUT2D eigenvalue weighted by atomic mass is 16.3. The molecule has 0 aliphatic carbocycles. The minimum Gasteiger partial charge on any atom is -0.396 e. The van der Waals surface area contributed by atoms with Crippen LogP contribution in [-0.2, 0) is 16.0 Å². The summed E-state index contributed by atoms with van der Waals surface area (Å²) in [5.41, 5.74) is -1.12. The van der Waals surface area contributed by atoms with Gasteiger partial charge >= 0.3 is 0 Å². The number of aliphatic hydroxyl groups excluding tert-OH is 2. The van der Waals surface area contributed by atoms with Crippen molar-refractivity contribution in [3.8, 4) is 0 Å². The number of hydrogen-bond donors (Lipinski definition) is 3. The number of amides is 1. The Kier molecular flexibility index (Phi) is 4.11. The maximum absolute atomic E-state index is 12.0. The lowest BCUT2D eigenvalue weighted by molar-refractivity contribution is -0.137. The molecule has 0 bridgehead atoms. The number of aliphatic hydroxyl groups is 2. The molecule has 0 heterocycles. The zero-order valence-electron chi connectivity index (χ0n) is 17.1. The molecule has 3 N–H and O–H groups in total. The van der Waals surface area contributed by atoms with Crippen LogP contribution in [0.4, 0.5) is 0 Å². The predicted molar refractivity (Wildman–Crippen MR) is 79.7 cm³/mol. The van der Waals surface area contributed by atoms with Gasteiger partial charge in [0.15, 0.2) is 0 Å². The Hall–Kier alpha value is -1.72. The molecule has 0 aliphatic heterocycles. The predicted octanol–water partition coefficient (Wildman–Crippen LogP) is 0.684. The van der Waals surface area contributed by atoms with Crippen LogP contribution >= 0.6 is 0 Å². The molecular formula is C16H23NO4. The highest BCUT2D eigenvalue weighted by Crippen LogP contribution is 2.19. The molecule has 0 aromatic heterocycles. The molecule has 5 nitrogen and oxygen atoms in total. The molecule has 1 aromatic rings. The van der Waals surface area contributed by atoms with Crippen molar-refractivity contribution in [3.05, 3.63) is 35.8 Å². The van der Waals surface area contributed by atoms with Gasteiger partial charge in [-0.3, -0.25) is 9.59 Å². The summed E-state index contributed by atoms with van der Waals surface area (Å²) in [5.74, 6) is -1.14. The van der Waals surface area contributed by atoms with E-state index in [1.807, 2.05) is 0 Å². The Labute approximate surface area is 132 Å². The van der Waals surface area contributed by atoms with Gasteiger partial charge in [0.2, 0.25) is 5.91 Å². The first-order valence-corrected chi connectivity index (χ1v) is 6.58. The summed E-state index contributed by atoms with van der Waals surface area (Å²) >= 11 is 0. The maximum atomic E-state index is 12.0. The van der Waals surface area contributed by atoms with Crippen LogP contribution < -0.4 is 5.32 Å². The second-order valence-electron chi connectivity index (χ2n) is 5.41. The van der Waals surface area contributed by atoms with Crippen molar-refractivity contribution in [3.63, 3.8) is 0 Å². The van der Waals surface area contributed by atoms with Gasteiger partial charge in [0.1, 0.15) is 11.9 Å². The molecule has 1 amide bonds. The topological polar surface area (TPSA) is 86.6 Å². The van der Waals surface area contributed by atoms with Gasteiger partial charge in [0.05, 0.1) is 13.5 Å². The van der Waals surface area contributed by atoms with E-state index >= 15 is 0 Å². The second-order valence-corrected chi connectivity index (χ2v) is 5.41. The average Bonchev–Trinajstić information content (AvgIpc) is 2.61. The van der Waals surface area contributed by atoms with Crippen LogP contribution in [0, 0.1) is 5.41 Å². The third-order valence-corrected chi connectivity index (χ3v) is 3.02. The second kappa shape index (κ2) is 7.90. The van der Waals surface area contributed by atoms with Crippen molar-refractivity contribution >= 4 is 11.7 Å². The molecule has 1 atom stereocenters. The van der Waals surface area contributed by atoms with Gasteiger partial charge in [-0.05, 0) is 5.56 Å². The standard InChI is InChI=1S/C16H23NO4/c1-16(2,11-18)14(20)15(21)17-9-8-13(19)10-12-6-4-3-5-7-12/h3-7,14,18,20H,8-11H2,1-2H3,(H,17,21)/t14-/m1/s1/i3D,4D,5D,6D,7D. The molecule has 0 saturated carbocycles. The van der Waals surface area contributed by atoms with E-state index in [0.717, 1.165) is 0 Å². The minimum absolute atomic E-state index is 0.0745. The quantitative estimate of drug-likeness (QED) is 0.659. The van der Waals surface area contributed by atoms with E-state index < -0.39 is 60.0 Å². The van der Waals surface area contributed by atoms with Gasteiger partial charge in [-0.15, -0.1) is 0 Å². The van der Waals surface area contributed by atoms with E-state index in [4.69, 9.17) is 12.0 Å². The number of carbonyl (C=O) groups excluding carboxylic acids is 2. The van der Waals surface area contributed by atoms with Crippen molar-refractivity contribution in [2.24, 2.45) is 5.41 Å².